The molecular formula is C29H28ClF2N3O3. The minimum Gasteiger partial charge on any atom is -0.372 e. The van der Waals surface area contributed by atoms with E-state index in [-0.39, 0.29) is 28.5 Å². The molecule has 6 nitrogen and oxygen atoms in total. The van der Waals surface area contributed by atoms with Crippen LogP contribution >= 0.6 is 11.6 Å². The van der Waals surface area contributed by atoms with Crippen molar-refractivity contribution >= 4 is 29.1 Å². The molecular weight excluding hydrogens is 512 g/mol. The Morgan fingerprint density at radius 1 is 1.16 bits per heavy atom. The second kappa shape index (κ2) is 10.4. The van der Waals surface area contributed by atoms with Crippen molar-refractivity contribution in [3.63, 3.8) is 0 Å². The third-order valence-corrected chi connectivity index (χ3v) is 7.74. The SMILES string of the molecule is Cc1cccc(C2(O)C(=O)N(CC3CCC(NC(=O)c4cc(Cl)cnc4C(F)F)CC3)c3ccccc32)c1. The summed E-state index contributed by atoms with van der Waals surface area (Å²) in [7, 11) is 0. The molecule has 3 aromatic rings. The van der Waals surface area contributed by atoms with Gasteiger partial charge >= 0.3 is 0 Å². The molecule has 1 unspecified atom stereocenters. The number of anilines is 1. The molecule has 9 heteroatoms. The molecule has 1 atom stereocenters. The standard InChI is InChI=1S/C29H28ClF2N3O3/c1-17-5-4-6-19(13-17)29(38)23-7-2-3-8-24(23)35(28(29)37)16-18-9-11-21(12-10-18)34-27(36)22-14-20(30)15-33-25(22)26(31)32/h2-8,13-15,18,21,26,38H,9-12,16H2,1H3,(H,34,36). The van der Waals surface area contributed by atoms with E-state index in [0.29, 0.717) is 36.2 Å². The van der Waals surface area contributed by atoms with Crippen molar-refractivity contribution in [2.45, 2.75) is 50.7 Å². The lowest BCUT2D eigenvalue weighted by molar-refractivity contribution is -0.132. The van der Waals surface area contributed by atoms with E-state index < -0.39 is 23.6 Å². The zero-order valence-corrected chi connectivity index (χ0v) is 21.6. The average molecular weight is 540 g/mol. The number of aromatic nitrogens is 1. The number of benzene rings is 2. The lowest BCUT2D eigenvalue weighted by Crippen LogP contribution is -2.44. The molecule has 0 spiro atoms. The van der Waals surface area contributed by atoms with Gasteiger partial charge in [-0.2, -0.15) is 0 Å². The second-order valence-electron chi connectivity index (χ2n) is 10.1. The summed E-state index contributed by atoms with van der Waals surface area (Å²) in [5.41, 5.74) is 0.210. The van der Waals surface area contributed by atoms with Crippen LogP contribution in [-0.2, 0) is 10.4 Å². The van der Waals surface area contributed by atoms with Gasteiger partial charge in [0.15, 0.2) is 5.60 Å². The van der Waals surface area contributed by atoms with Crippen LogP contribution in [0.4, 0.5) is 14.5 Å². The Hall–Kier alpha value is -3.36. The lowest BCUT2D eigenvalue weighted by atomic mass is 9.85. The zero-order chi connectivity index (χ0) is 27.0. The Kier molecular flexibility index (Phi) is 7.20. The van der Waals surface area contributed by atoms with Crippen LogP contribution in [0.15, 0.2) is 60.8 Å². The molecule has 198 valence electrons. The van der Waals surface area contributed by atoms with Gasteiger partial charge in [0.2, 0.25) is 0 Å². The Morgan fingerprint density at radius 2 is 1.89 bits per heavy atom. The topological polar surface area (TPSA) is 82.5 Å². The Labute approximate surface area is 224 Å². The Balaban J connectivity index is 1.27. The molecule has 2 heterocycles. The molecule has 5 rings (SSSR count). The van der Waals surface area contributed by atoms with E-state index in [0.717, 1.165) is 24.6 Å². The molecule has 1 aliphatic carbocycles. The summed E-state index contributed by atoms with van der Waals surface area (Å²) in [5.74, 6) is -0.831. The number of rotatable bonds is 6. The molecule has 0 bridgehead atoms. The highest BCUT2D eigenvalue weighted by molar-refractivity contribution is 6.30. The summed E-state index contributed by atoms with van der Waals surface area (Å²) < 4.78 is 26.7. The Bertz CT molecular complexity index is 1380. The van der Waals surface area contributed by atoms with Gasteiger partial charge in [-0.15, -0.1) is 0 Å². The Morgan fingerprint density at radius 3 is 2.61 bits per heavy atom. The van der Waals surface area contributed by atoms with Crippen molar-refractivity contribution in [1.82, 2.24) is 10.3 Å². The number of aliphatic hydroxyl groups is 1. The number of pyridine rings is 1. The van der Waals surface area contributed by atoms with Gasteiger partial charge in [0.1, 0.15) is 5.69 Å². The van der Waals surface area contributed by atoms with E-state index in [1.54, 1.807) is 17.0 Å². The molecule has 2 amide bonds. The monoisotopic (exact) mass is 539 g/mol. The minimum atomic E-state index is -2.89. The maximum atomic E-state index is 13.7. The molecule has 1 aromatic heterocycles. The van der Waals surface area contributed by atoms with Gasteiger partial charge in [0, 0.05) is 24.3 Å². The highest BCUT2D eigenvalue weighted by Gasteiger charge is 2.51. The summed E-state index contributed by atoms with van der Waals surface area (Å²) in [5, 5.41) is 14.7. The van der Waals surface area contributed by atoms with Crippen molar-refractivity contribution in [3.05, 3.63) is 93.8 Å². The van der Waals surface area contributed by atoms with Crippen LogP contribution < -0.4 is 10.2 Å². The third kappa shape index (κ3) is 4.78. The number of amides is 2. The summed E-state index contributed by atoms with van der Waals surface area (Å²) in [4.78, 5) is 31.7. The molecule has 0 saturated heterocycles. The van der Waals surface area contributed by atoms with Crippen LogP contribution in [0.2, 0.25) is 5.02 Å². The van der Waals surface area contributed by atoms with Gasteiger partial charge in [-0.25, -0.2) is 8.78 Å². The largest absolute Gasteiger partial charge is 0.372 e. The van der Waals surface area contributed by atoms with Crippen molar-refractivity contribution in [2.24, 2.45) is 5.92 Å². The summed E-state index contributed by atoms with van der Waals surface area (Å²) >= 11 is 5.89. The predicted molar refractivity (Wildman–Crippen MR) is 140 cm³/mol. The van der Waals surface area contributed by atoms with Gasteiger partial charge in [0.05, 0.1) is 16.3 Å². The number of alkyl halides is 2. The van der Waals surface area contributed by atoms with Crippen LogP contribution in [0, 0.1) is 12.8 Å². The molecule has 2 aromatic carbocycles. The summed E-state index contributed by atoms with van der Waals surface area (Å²) in [6.07, 6.45) is 0.955. The van der Waals surface area contributed by atoms with Gasteiger partial charge < -0.3 is 15.3 Å². The first-order valence-corrected chi connectivity index (χ1v) is 13.0. The van der Waals surface area contributed by atoms with Crippen LogP contribution in [0.3, 0.4) is 0 Å². The van der Waals surface area contributed by atoms with E-state index in [9.17, 15) is 23.5 Å². The number of nitrogens with one attached hydrogen (secondary N) is 1. The fourth-order valence-electron chi connectivity index (χ4n) is 5.58. The number of carbonyl (C=O) groups is 2. The van der Waals surface area contributed by atoms with Crippen LogP contribution in [0.5, 0.6) is 0 Å². The van der Waals surface area contributed by atoms with Gasteiger partial charge in [-0.3, -0.25) is 14.6 Å². The summed E-state index contributed by atoms with van der Waals surface area (Å²) in [6.45, 7) is 2.36. The maximum absolute atomic E-state index is 13.7. The molecule has 2 N–H and O–H groups in total. The quantitative estimate of drug-likeness (QED) is 0.430. The van der Waals surface area contributed by atoms with E-state index in [1.807, 2.05) is 43.3 Å². The smallest absolute Gasteiger partial charge is 0.281 e. The molecule has 2 aliphatic rings. The molecule has 38 heavy (non-hydrogen) atoms. The number of carbonyl (C=O) groups excluding carboxylic acids is 2. The minimum absolute atomic E-state index is 0.115. The van der Waals surface area contributed by atoms with E-state index >= 15 is 0 Å². The van der Waals surface area contributed by atoms with Crippen molar-refractivity contribution in [2.75, 3.05) is 11.4 Å². The number of fused-ring (bicyclic) bond motifs is 1. The van der Waals surface area contributed by atoms with Crippen LogP contribution in [-0.4, -0.2) is 34.5 Å². The van der Waals surface area contributed by atoms with Crippen molar-refractivity contribution in [1.29, 1.82) is 0 Å². The van der Waals surface area contributed by atoms with Crippen molar-refractivity contribution < 1.29 is 23.5 Å². The zero-order valence-electron chi connectivity index (χ0n) is 20.8. The normalized spacial score (nSPS) is 23.0. The fourth-order valence-corrected chi connectivity index (χ4v) is 5.74. The first kappa shape index (κ1) is 26.3. The molecule has 1 fully saturated rings. The third-order valence-electron chi connectivity index (χ3n) is 7.53. The lowest BCUT2D eigenvalue weighted by Gasteiger charge is -2.32. The second-order valence-corrected chi connectivity index (χ2v) is 10.5. The molecule has 0 radical (unpaired) electrons. The van der Waals surface area contributed by atoms with Gasteiger partial charge in [0.25, 0.3) is 18.2 Å². The molecule has 1 aliphatic heterocycles. The maximum Gasteiger partial charge on any atom is 0.281 e. The van der Waals surface area contributed by atoms with Gasteiger partial charge in [-0.1, -0.05) is 59.6 Å². The van der Waals surface area contributed by atoms with E-state index in [1.165, 1.54) is 6.07 Å². The fraction of sp³-hybridized carbons (Fsp3) is 0.345. The number of nitrogens with zero attached hydrogens (tertiary/aromatic N) is 2. The van der Waals surface area contributed by atoms with E-state index in [2.05, 4.69) is 10.3 Å². The van der Waals surface area contributed by atoms with Crippen LogP contribution in [0.25, 0.3) is 0 Å². The van der Waals surface area contributed by atoms with Crippen LogP contribution in [0.1, 0.15) is 64.9 Å². The number of para-hydroxylation sites is 1. The van der Waals surface area contributed by atoms with Gasteiger partial charge in [-0.05, 0) is 56.2 Å². The first-order chi connectivity index (χ1) is 18.2. The van der Waals surface area contributed by atoms with Crippen molar-refractivity contribution in [3.8, 4) is 0 Å². The number of halogens is 3. The first-order valence-electron chi connectivity index (χ1n) is 12.6. The predicted octanol–water partition coefficient (Wildman–Crippen LogP) is 5.55. The molecule has 1 saturated carbocycles. The number of aryl methyl sites for hydroxylation is 1. The summed E-state index contributed by atoms with van der Waals surface area (Å²) in [6, 6.07) is 15.7. The number of hydrogen-bond donors (Lipinski definition) is 2. The average Bonchev–Trinajstić information content (AvgIpc) is 3.12. The van der Waals surface area contributed by atoms with E-state index in [4.69, 9.17) is 11.6 Å². The highest BCUT2D eigenvalue weighted by atomic mass is 35.5. The number of hydrogen-bond acceptors (Lipinski definition) is 4. The highest BCUT2D eigenvalue weighted by Crippen LogP contribution is 2.45.